The van der Waals surface area contributed by atoms with E-state index in [1.165, 1.54) is 4.90 Å². The highest BCUT2D eigenvalue weighted by Crippen LogP contribution is 2.23. The molecule has 0 aromatic heterocycles. The Morgan fingerprint density at radius 3 is 2.39 bits per heavy atom. The Kier molecular flexibility index (Phi) is 5.57. The van der Waals surface area contributed by atoms with Crippen molar-refractivity contribution >= 4 is 17.8 Å². The standard InChI is InChI=1S/C11H19N3O4/c12-5-9(15)13-6-10(16)14(7-11(17)18)8-3-1-2-4-8/h8H,1-7,12H2,(H,13,15)(H,17,18). The summed E-state index contributed by atoms with van der Waals surface area (Å²) in [5.41, 5.74) is 5.11. The van der Waals surface area contributed by atoms with Gasteiger partial charge in [-0.15, -0.1) is 0 Å². The molecule has 1 fully saturated rings. The van der Waals surface area contributed by atoms with Crippen LogP contribution in [-0.4, -0.2) is 53.5 Å². The molecule has 0 spiro atoms. The number of hydrogen-bond acceptors (Lipinski definition) is 4. The summed E-state index contributed by atoms with van der Waals surface area (Å²) in [5.74, 6) is -1.84. The van der Waals surface area contributed by atoms with Gasteiger partial charge >= 0.3 is 5.97 Å². The molecule has 4 N–H and O–H groups in total. The third kappa shape index (κ3) is 4.33. The monoisotopic (exact) mass is 257 g/mol. The summed E-state index contributed by atoms with van der Waals surface area (Å²) in [5, 5.41) is 11.2. The van der Waals surface area contributed by atoms with Gasteiger partial charge in [-0.3, -0.25) is 14.4 Å². The van der Waals surface area contributed by atoms with E-state index in [-0.39, 0.29) is 31.6 Å². The lowest BCUT2D eigenvalue weighted by molar-refractivity contribution is -0.146. The molecule has 1 aliphatic rings. The number of rotatable bonds is 6. The summed E-state index contributed by atoms with van der Waals surface area (Å²) in [7, 11) is 0. The third-order valence-corrected chi connectivity index (χ3v) is 3.01. The third-order valence-electron chi connectivity index (χ3n) is 3.01. The Morgan fingerprint density at radius 1 is 1.28 bits per heavy atom. The van der Waals surface area contributed by atoms with Gasteiger partial charge in [-0.1, -0.05) is 12.8 Å². The molecule has 18 heavy (non-hydrogen) atoms. The number of carbonyl (C=O) groups is 3. The minimum Gasteiger partial charge on any atom is -0.480 e. The van der Waals surface area contributed by atoms with Gasteiger partial charge in [-0.05, 0) is 12.8 Å². The number of carboxylic acid groups (broad SMARTS) is 1. The predicted molar refractivity (Wildman–Crippen MR) is 63.7 cm³/mol. The molecule has 1 aliphatic carbocycles. The molecular formula is C11H19N3O4. The molecular weight excluding hydrogens is 238 g/mol. The van der Waals surface area contributed by atoms with E-state index in [4.69, 9.17) is 10.8 Å². The second-order valence-electron chi connectivity index (χ2n) is 4.33. The maximum atomic E-state index is 11.9. The van der Waals surface area contributed by atoms with Gasteiger partial charge in [0.25, 0.3) is 0 Å². The van der Waals surface area contributed by atoms with Crippen molar-refractivity contribution in [1.82, 2.24) is 10.2 Å². The van der Waals surface area contributed by atoms with Crippen LogP contribution in [0.15, 0.2) is 0 Å². The molecule has 102 valence electrons. The van der Waals surface area contributed by atoms with Gasteiger partial charge in [0, 0.05) is 6.04 Å². The average molecular weight is 257 g/mol. The number of nitrogens with two attached hydrogens (primary N) is 1. The smallest absolute Gasteiger partial charge is 0.323 e. The van der Waals surface area contributed by atoms with Gasteiger partial charge in [0.05, 0.1) is 13.1 Å². The lowest BCUT2D eigenvalue weighted by Gasteiger charge is -2.27. The highest BCUT2D eigenvalue weighted by molar-refractivity contribution is 5.87. The van der Waals surface area contributed by atoms with Crippen molar-refractivity contribution in [3.05, 3.63) is 0 Å². The van der Waals surface area contributed by atoms with Crippen LogP contribution in [0.5, 0.6) is 0 Å². The normalized spacial score (nSPS) is 15.4. The maximum Gasteiger partial charge on any atom is 0.323 e. The molecule has 0 unspecified atom stereocenters. The lowest BCUT2D eigenvalue weighted by Crippen LogP contribution is -2.47. The van der Waals surface area contributed by atoms with Gasteiger partial charge in [-0.2, -0.15) is 0 Å². The van der Waals surface area contributed by atoms with Crippen LogP contribution in [-0.2, 0) is 14.4 Å². The van der Waals surface area contributed by atoms with Gasteiger partial charge in [0.1, 0.15) is 6.54 Å². The predicted octanol–water partition coefficient (Wildman–Crippen LogP) is -1.08. The van der Waals surface area contributed by atoms with Crippen LogP contribution in [0.4, 0.5) is 0 Å². The fourth-order valence-electron chi connectivity index (χ4n) is 2.13. The Bertz CT molecular complexity index is 326. The van der Waals surface area contributed by atoms with Gasteiger partial charge in [-0.25, -0.2) is 0 Å². The summed E-state index contributed by atoms with van der Waals surface area (Å²) < 4.78 is 0. The first kappa shape index (κ1) is 14.4. The fourth-order valence-corrected chi connectivity index (χ4v) is 2.13. The highest BCUT2D eigenvalue weighted by Gasteiger charge is 2.28. The Balaban J connectivity index is 2.55. The highest BCUT2D eigenvalue weighted by atomic mass is 16.4. The zero-order chi connectivity index (χ0) is 13.5. The molecule has 0 saturated heterocycles. The number of carboxylic acids is 1. The number of hydrogen-bond donors (Lipinski definition) is 3. The zero-order valence-corrected chi connectivity index (χ0v) is 10.2. The molecule has 1 saturated carbocycles. The molecule has 2 amide bonds. The van der Waals surface area contributed by atoms with Gasteiger partial charge in [0.15, 0.2) is 0 Å². The van der Waals surface area contributed by atoms with E-state index in [0.29, 0.717) is 0 Å². The molecule has 0 aromatic rings. The second-order valence-corrected chi connectivity index (χ2v) is 4.33. The van der Waals surface area contributed by atoms with E-state index in [9.17, 15) is 14.4 Å². The first-order valence-corrected chi connectivity index (χ1v) is 6.02. The zero-order valence-electron chi connectivity index (χ0n) is 10.2. The Hall–Kier alpha value is -1.63. The first-order valence-electron chi connectivity index (χ1n) is 6.02. The van der Waals surface area contributed by atoms with Gasteiger partial charge in [0.2, 0.25) is 11.8 Å². The van der Waals surface area contributed by atoms with E-state index in [1.54, 1.807) is 0 Å². The Labute approximate surface area is 105 Å². The number of aliphatic carboxylic acids is 1. The van der Waals surface area contributed by atoms with Crippen molar-refractivity contribution in [1.29, 1.82) is 0 Å². The van der Waals surface area contributed by atoms with Crippen molar-refractivity contribution in [3.8, 4) is 0 Å². The second kappa shape index (κ2) is 6.95. The number of nitrogens with one attached hydrogen (secondary N) is 1. The van der Waals surface area contributed by atoms with Crippen LogP contribution in [0.25, 0.3) is 0 Å². The summed E-state index contributed by atoms with van der Waals surface area (Å²) in [6, 6.07) is -0.0246. The van der Waals surface area contributed by atoms with Crippen molar-refractivity contribution in [2.75, 3.05) is 19.6 Å². The van der Waals surface area contributed by atoms with Crippen LogP contribution in [0, 0.1) is 0 Å². The van der Waals surface area contributed by atoms with Crippen LogP contribution in [0.3, 0.4) is 0 Å². The largest absolute Gasteiger partial charge is 0.480 e. The minimum absolute atomic E-state index is 0.0246. The van der Waals surface area contributed by atoms with E-state index in [2.05, 4.69) is 5.32 Å². The first-order chi connectivity index (χ1) is 8.54. The topological polar surface area (TPSA) is 113 Å². The van der Waals surface area contributed by atoms with Crippen LogP contribution >= 0.6 is 0 Å². The van der Waals surface area contributed by atoms with Gasteiger partial charge < -0.3 is 21.1 Å². The van der Waals surface area contributed by atoms with Crippen LogP contribution in [0.1, 0.15) is 25.7 Å². The number of amides is 2. The van der Waals surface area contributed by atoms with E-state index in [1.807, 2.05) is 0 Å². The number of nitrogens with zero attached hydrogens (tertiary/aromatic N) is 1. The minimum atomic E-state index is -1.04. The molecule has 1 rings (SSSR count). The Morgan fingerprint density at radius 2 is 1.89 bits per heavy atom. The van der Waals surface area contributed by atoms with Crippen molar-refractivity contribution in [3.63, 3.8) is 0 Å². The van der Waals surface area contributed by atoms with Crippen molar-refractivity contribution in [2.45, 2.75) is 31.7 Å². The molecule has 0 radical (unpaired) electrons. The summed E-state index contributed by atoms with van der Waals surface area (Å²) in [6.07, 6.45) is 3.65. The molecule has 0 bridgehead atoms. The molecule has 0 aliphatic heterocycles. The van der Waals surface area contributed by atoms with Crippen LogP contribution in [0.2, 0.25) is 0 Å². The van der Waals surface area contributed by atoms with E-state index < -0.39 is 11.9 Å². The maximum absolute atomic E-state index is 11.9. The van der Waals surface area contributed by atoms with Crippen molar-refractivity contribution < 1.29 is 19.5 Å². The molecule has 0 heterocycles. The van der Waals surface area contributed by atoms with Crippen molar-refractivity contribution in [2.24, 2.45) is 5.73 Å². The van der Waals surface area contributed by atoms with Crippen LogP contribution < -0.4 is 11.1 Å². The lowest BCUT2D eigenvalue weighted by atomic mass is 10.2. The van der Waals surface area contributed by atoms with E-state index >= 15 is 0 Å². The quantitative estimate of drug-likeness (QED) is 0.560. The summed E-state index contributed by atoms with van der Waals surface area (Å²) >= 11 is 0. The molecule has 0 aromatic carbocycles. The number of carbonyl (C=O) groups excluding carboxylic acids is 2. The fraction of sp³-hybridized carbons (Fsp3) is 0.727. The molecule has 7 heteroatoms. The SMILES string of the molecule is NCC(=O)NCC(=O)N(CC(=O)O)C1CCCC1. The molecule has 0 atom stereocenters. The van der Waals surface area contributed by atoms with E-state index in [0.717, 1.165) is 25.7 Å². The summed E-state index contributed by atoms with van der Waals surface area (Å²) in [6.45, 7) is -0.697. The average Bonchev–Trinajstić information content (AvgIpc) is 2.85. The molecule has 7 nitrogen and oxygen atoms in total. The summed E-state index contributed by atoms with van der Waals surface area (Å²) in [4.78, 5) is 35.0.